The van der Waals surface area contributed by atoms with Gasteiger partial charge in [-0.25, -0.2) is 4.39 Å². The molecule has 0 saturated carbocycles. The van der Waals surface area contributed by atoms with Crippen LogP contribution in [0.15, 0.2) is 0 Å². The zero-order chi connectivity index (χ0) is 15.9. The second-order valence-corrected chi connectivity index (χ2v) is 5.45. The summed E-state index contributed by atoms with van der Waals surface area (Å²) in [4.78, 5) is 0. The Morgan fingerprint density at radius 3 is 1.32 bits per heavy atom. The van der Waals surface area contributed by atoms with Crippen LogP contribution in [0.3, 0.4) is 0 Å². The van der Waals surface area contributed by atoms with Crippen LogP contribution < -0.4 is 0 Å². The van der Waals surface area contributed by atoms with E-state index in [2.05, 4.69) is 0 Å². The van der Waals surface area contributed by atoms with Crippen LogP contribution in [-0.2, 0) is 0 Å². The minimum Gasteiger partial charge on any atom is -0.224 e. The van der Waals surface area contributed by atoms with Crippen molar-refractivity contribution in [3.05, 3.63) is 0 Å². The summed E-state index contributed by atoms with van der Waals surface area (Å²) < 4.78 is 120. The number of alkyl halides is 11. The van der Waals surface area contributed by atoms with Crippen molar-refractivity contribution in [1.82, 2.24) is 0 Å². The van der Waals surface area contributed by atoms with Crippen LogP contribution in [0.4, 0.5) is 43.9 Å². The van der Waals surface area contributed by atoms with Crippen molar-refractivity contribution in [3.63, 3.8) is 0 Å². The van der Waals surface area contributed by atoms with Crippen LogP contribution in [0.1, 0.15) is 13.3 Å². The van der Waals surface area contributed by atoms with Crippen LogP contribution in [-0.4, -0.2) is 28.1 Å². The molecule has 0 spiro atoms. The first kappa shape index (κ1) is 19.0. The van der Waals surface area contributed by atoms with Crippen LogP contribution in [0, 0.1) is 5.92 Å². The van der Waals surface area contributed by atoms with Crippen molar-refractivity contribution >= 4 is 22.6 Å². The van der Waals surface area contributed by atoms with E-state index in [-0.39, 0.29) is 0 Å². The first-order chi connectivity index (χ1) is 8.04. The van der Waals surface area contributed by atoms with Crippen LogP contribution in [0.5, 0.6) is 0 Å². The summed E-state index contributed by atoms with van der Waals surface area (Å²) in [6, 6.07) is 0. The lowest BCUT2D eigenvalue weighted by molar-refractivity contribution is -0.344. The van der Waals surface area contributed by atoms with E-state index in [1.54, 1.807) is 0 Å². The van der Waals surface area contributed by atoms with Gasteiger partial charge in [0.1, 0.15) is 0 Å². The summed E-state index contributed by atoms with van der Waals surface area (Å²) >= 11 is 0.738. The largest absolute Gasteiger partial charge is 0.431 e. The van der Waals surface area contributed by atoms with Crippen LogP contribution >= 0.6 is 22.6 Å². The van der Waals surface area contributed by atoms with Crippen molar-refractivity contribution in [2.45, 2.75) is 41.5 Å². The van der Waals surface area contributed by atoms with E-state index in [1.807, 2.05) is 0 Å². The maximum Gasteiger partial charge on any atom is 0.431 e. The third-order valence-electron chi connectivity index (χ3n) is 2.43. The van der Waals surface area contributed by atoms with Crippen molar-refractivity contribution in [1.29, 1.82) is 0 Å². The van der Waals surface area contributed by atoms with Crippen molar-refractivity contribution in [2.24, 2.45) is 5.92 Å². The smallest absolute Gasteiger partial charge is 0.224 e. The fraction of sp³-hybridized carbons (Fsp3) is 1.00. The lowest BCUT2D eigenvalue weighted by Gasteiger charge is -2.33. The number of rotatable bonds is 3. The second-order valence-electron chi connectivity index (χ2n) is 3.85. The molecule has 0 bridgehead atoms. The van der Waals surface area contributed by atoms with Gasteiger partial charge < -0.3 is 0 Å². The Hall–Kier alpha value is 0.0300. The molecule has 116 valence electrons. The Labute approximate surface area is 114 Å². The van der Waals surface area contributed by atoms with E-state index < -0.39 is 40.5 Å². The first-order valence-corrected chi connectivity index (χ1v) is 5.81. The van der Waals surface area contributed by atoms with Gasteiger partial charge in [-0.3, -0.25) is 0 Å². The molecule has 0 aliphatic rings. The van der Waals surface area contributed by atoms with Gasteiger partial charge in [-0.15, -0.1) is 0 Å². The average Bonchev–Trinajstić information content (AvgIpc) is 2.11. The highest BCUT2D eigenvalue weighted by Crippen LogP contribution is 2.51. The molecular formula is C8H7F10I. The topological polar surface area (TPSA) is 0 Å². The van der Waals surface area contributed by atoms with Gasteiger partial charge in [0, 0.05) is 10.3 Å². The summed E-state index contributed by atoms with van der Waals surface area (Å²) in [5.74, 6) is -2.51. The van der Waals surface area contributed by atoms with Crippen molar-refractivity contribution < 1.29 is 43.9 Å². The normalized spacial score (nSPS) is 18.3. The van der Waals surface area contributed by atoms with Gasteiger partial charge in [-0.1, -0.05) is 29.5 Å². The summed E-state index contributed by atoms with van der Waals surface area (Å²) in [7, 11) is 0. The Morgan fingerprint density at radius 1 is 0.789 bits per heavy atom. The van der Waals surface area contributed by atoms with Gasteiger partial charge in [-0.2, -0.15) is 39.5 Å². The van der Waals surface area contributed by atoms with Gasteiger partial charge in [-0.05, 0) is 0 Å². The first-order valence-electron chi connectivity index (χ1n) is 4.57. The van der Waals surface area contributed by atoms with Gasteiger partial charge >= 0.3 is 18.5 Å². The Kier molecular flexibility index (Phi) is 5.44. The molecule has 0 rings (SSSR count). The molecule has 0 aliphatic heterocycles. The van der Waals surface area contributed by atoms with Crippen LogP contribution in [0.2, 0.25) is 0 Å². The molecule has 0 amide bonds. The monoisotopic (exact) mass is 420 g/mol. The quantitative estimate of drug-likeness (QED) is 0.334. The maximum atomic E-state index is 13.2. The molecule has 19 heavy (non-hydrogen) atoms. The highest BCUT2D eigenvalue weighted by Gasteiger charge is 2.73. The average molecular weight is 420 g/mol. The molecule has 0 radical (unpaired) electrons. The van der Waals surface area contributed by atoms with Crippen molar-refractivity contribution in [3.8, 4) is 0 Å². The highest BCUT2D eigenvalue weighted by atomic mass is 127. The fourth-order valence-electron chi connectivity index (χ4n) is 1.04. The molecule has 0 aromatic heterocycles. The molecule has 11 heteroatoms. The van der Waals surface area contributed by atoms with Gasteiger partial charge in [0.15, 0.2) is 0 Å². The van der Waals surface area contributed by atoms with E-state index in [9.17, 15) is 43.9 Å². The molecule has 2 atom stereocenters. The lowest BCUT2D eigenvalue weighted by atomic mass is 9.92. The predicted octanol–water partition coefficient (Wildman–Crippen LogP) is 5.21. The predicted molar refractivity (Wildman–Crippen MR) is 53.6 cm³/mol. The minimum absolute atomic E-state index is 0.393. The summed E-state index contributed by atoms with van der Waals surface area (Å²) in [6.07, 6.45) is -20.0. The van der Waals surface area contributed by atoms with Crippen LogP contribution in [0.25, 0.3) is 0 Å². The third-order valence-corrected chi connectivity index (χ3v) is 3.95. The molecule has 0 N–H and O–H groups in total. The Morgan fingerprint density at radius 2 is 1.11 bits per heavy atom. The molecule has 0 saturated heterocycles. The van der Waals surface area contributed by atoms with Gasteiger partial charge in [0.25, 0.3) is 5.67 Å². The van der Waals surface area contributed by atoms with E-state index in [0.29, 0.717) is 6.92 Å². The summed E-state index contributed by atoms with van der Waals surface area (Å²) in [5.41, 5.74) is -5.66. The molecule has 2 unspecified atom stereocenters. The second kappa shape index (κ2) is 5.43. The molecule has 0 aromatic rings. The van der Waals surface area contributed by atoms with E-state index in [1.165, 1.54) is 0 Å². The molecule has 0 aromatic carbocycles. The molecule has 0 aliphatic carbocycles. The Balaban J connectivity index is 5.29. The minimum atomic E-state index is -6.33. The van der Waals surface area contributed by atoms with Crippen molar-refractivity contribution in [2.75, 3.05) is 0 Å². The third kappa shape index (κ3) is 4.25. The molecule has 0 fully saturated rings. The Bertz CT molecular complexity index is 286. The summed E-state index contributed by atoms with van der Waals surface area (Å²) in [5, 5.41) is 0. The van der Waals surface area contributed by atoms with E-state index in [4.69, 9.17) is 0 Å². The van der Waals surface area contributed by atoms with E-state index >= 15 is 0 Å². The zero-order valence-corrected chi connectivity index (χ0v) is 11.2. The number of halogens is 11. The lowest BCUT2D eigenvalue weighted by Crippen LogP contribution is -2.55. The van der Waals surface area contributed by atoms with Gasteiger partial charge in [0.2, 0.25) is 0 Å². The SMILES string of the molecule is CC(C(I)CC(F)(C(F)(F)F)C(F)(F)F)C(F)(F)F. The molecule has 0 heterocycles. The number of hydrogen-bond donors (Lipinski definition) is 0. The van der Waals surface area contributed by atoms with Gasteiger partial charge in [0.05, 0.1) is 5.92 Å². The zero-order valence-electron chi connectivity index (χ0n) is 9.02. The summed E-state index contributed by atoms with van der Waals surface area (Å²) in [6.45, 7) is 0.393. The molecule has 0 nitrogen and oxygen atoms in total. The molecular weight excluding hydrogens is 413 g/mol. The number of hydrogen-bond acceptors (Lipinski definition) is 0. The van der Waals surface area contributed by atoms with E-state index in [0.717, 1.165) is 22.6 Å². The highest BCUT2D eigenvalue weighted by molar-refractivity contribution is 14.1. The standard InChI is InChI=1S/C8H7F10I/c1-3(6(10,11)12)4(19)2-5(9,7(13,14)15)8(16,17)18/h3-4H,2H2,1H3. The maximum absolute atomic E-state index is 13.2. The fourth-order valence-corrected chi connectivity index (χ4v) is 2.06.